The van der Waals surface area contributed by atoms with Crippen LogP contribution in [0.4, 0.5) is 0 Å². The number of likely N-dealkylation sites (tertiary alicyclic amines) is 1. The van der Waals surface area contributed by atoms with Crippen molar-refractivity contribution in [2.24, 2.45) is 11.8 Å². The Hall–Kier alpha value is -3.04. The molecule has 0 bridgehead atoms. The van der Waals surface area contributed by atoms with E-state index in [2.05, 4.69) is 15.1 Å². The van der Waals surface area contributed by atoms with Crippen molar-refractivity contribution in [2.75, 3.05) is 0 Å². The summed E-state index contributed by atoms with van der Waals surface area (Å²) in [5.41, 5.74) is 0.915. The standard InChI is InChI=1S/C27H27Cl2N5O4/c1-15(35)26-19-11-18(38-14-24-30-7-2-8-31-24)4-5-20(19)33(32-26)13-25(37)34-21-9-16(21)10-22(34)23(36)6-3-17-12-27(17,28)29/h2,4-5,7-8,11,16-17,21-22H,3,6,9-10,12-14H2,1H3/t16-,17+,21-,22+/m1/s1. The lowest BCUT2D eigenvalue weighted by Gasteiger charge is -2.27. The van der Waals surface area contributed by atoms with Crippen molar-refractivity contribution in [1.29, 1.82) is 0 Å². The van der Waals surface area contributed by atoms with E-state index in [-0.39, 0.29) is 48.3 Å². The fourth-order valence-electron chi connectivity index (χ4n) is 5.56. The maximum absolute atomic E-state index is 13.5. The van der Waals surface area contributed by atoms with Gasteiger partial charge in [0.15, 0.2) is 17.4 Å². The van der Waals surface area contributed by atoms with E-state index >= 15 is 0 Å². The Kier molecular flexibility index (Phi) is 6.39. The third kappa shape index (κ3) is 4.89. The number of ketones is 2. The van der Waals surface area contributed by atoms with Gasteiger partial charge in [0.1, 0.15) is 28.9 Å². The summed E-state index contributed by atoms with van der Waals surface area (Å²) < 4.78 is 6.67. The number of nitrogens with zero attached hydrogens (tertiary/aromatic N) is 5. The molecule has 6 rings (SSSR count). The molecule has 198 valence electrons. The highest BCUT2D eigenvalue weighted by Gasteiger charge is 2.56. The first-order chi connectivity index (χ1) is 18.2. The van der Waals surface area contributed by atoms with E-state index in [1.54, 1.807) is 46.2 Å². The summed E-state index contributed by atoms with van der Waals surface area (Å²) in [5.74, 6) is 1.30. The van der Waals surface area contributed by atoms with Crippen molar-refractivity contribution in [3.63, 3.8) is 0 Å². The molecule has 3 aromatic rings. The highest BCUT2D eigenvalue weighted by atomic mass is 35.5. The van der Waals surface area contributed by atoms with Crippen molar-refractivity contribution in [1.82, 2.24) is 24.6 Å². The number of hydrogen-bond acceptors (Lipinski definition) is 7. The van der Waals surface area contributed by atoms with Gasteiger partial charge in [-0.25, -0.2) is 9.97 Å². The molecule has 11 heteroatoms. The zero-order chi connectivity index (χ0) is 26.6. The second-order valence-corrected chi connectivity index (χ2v) is 12.0. The molecule has 9 nitrogen and oxygen atoms in total. The predicted octanol–water partition coefficient (Wildman–Crippen LogP) is 4.14. The van der Waals surface area contributed by atoms with Crippen molar-refractivity contribution < 1.29 is 19.1 Å². The van der Waals surface area contributed by atoms with Crippen LogP contribution in [0.5, 0.6) is 5.75 Å². The molecule has 1 amide bonds. The van der Waals surface area contributed by atoms with E-state index in [1.165, 1.54) is 6.92 Å². The Balaban J connectivity index is 1.18. The Morgan fingerprint density at radius 1 is 1.16 bits per heavy atom. The number of rotatable bonds is 10. The van der Waals surface area contributed by atoms with Crippen LogP contribution in [0.1, 0.15) is 55.3 Å². The molecule has 3 aliphatic rings. The Bertz CT molecular complexity index is 1430. The van der Waals surface area contributed by atoms with E-state index in [0.29, 0.717) is 54.1 Å². The molecule has 2 saturated carbocycles. The van der Waals surface area contributed by atoms with Crippen LogP contribution in [0.2, 0.25) is 0 Å². The van der Waals surface area contributed by atoms with Gasteiger partial charge in [-0.2, -0.15) is 5.10 Å². The van der Waals surface area contributed by atoms with Gasteiger partial charge in [0.05, 0.1) is 11.6 Å². The zero-order valence-electron chi connectivity index (χ0n) is 20.8. The maximum atomic E-state index is 13.5. The second kappa shape index (κ2) is 9.61. The number of hydrogen-bond donors (Lipinski definition) is 0. The summed E-state index contributed by atoms with van der Waals surface area (Å²) >= 11 is 12.2. The van der Waals surface area contributed by atoms with Gasteiger partial charge < -0.3 is 9.64 Å². The fraction of sp³-hybridized carbons (Fsp3) is 0.481. The monoisotopic (exact) mass is 555 g/mol. The average molecular weight is 556 g/mol. The summed E-state index contributed by atoms with van der Waals surface area (Å²) in [5, 5.41) is 5.08. The average Bonchev–Trinajstić information content (AvgIpc) is 3.69. The lowest BCUT2D eigenvalue weighted by atomic mass is 10.0. The summed E-state index contributed by atoms with van der Waals surface area (Å²) in [6.07, 6.45) is 6.64. The molecule has 1 saturated heterocycles. The first-order valence-electron chi connectivity index (χ1n) is 12.8. The predicted molar refractivity (Wildman–Crippen MR) is 140 cm³/mol. The third-order valence-electron chi connectivity index (χ3n) is 7.79. The third-order valence-corrected chi connectivity index (χ3v) is 8.71. The van der Waals surface area contributed by atoms with Crippen LogP contribution < -0.4 is 4.74 Å². The lowest BCUT2D eigenvalue weighted by molar-refractivity contribution is -0.139. The van der Waals surface area contributed by atoms with Crippen LogP contribution in [0.3, 0.4) is 0 Å². The molecule has 0 unspecified atom stereocenters. The number of fused-ring (bicyclic) bond motifs is 2. The van der Waals surface area contributed by atoms with Gasteiger partial charge in [0.2, 0.25) is 5.91 Å². The minimum atomic E-state index is -0.705. The molecule has 3 heterocycles. The quantitative estimate of drug-likeness (QED) is 0.273. The fourth-order valence-corrected chi connectivity index (χ4v) is 6.15. The molecule has 3 fully saturated rings. The normalized spacial score (nSPS) is 24.8. The number of benzene rings is 1. The molecule has 0 radical (unpaired) electrons. The van der Waals surface area contributed by atoms with Gasteiger partial charge in [-0.05, 0) is 61.8 Å². The zero-order valence-corrected chi connectivity index (χ0v) is 22.4. The topological polar surface area (TPSA) is 107 Å². The van der Waals surface area contributed by atoms with Gasteiger partial charge in [-0.1, -0.05) is 0 Å². The van der Waals surface area contributed by atoms with Crippen LogP contribution >= 0.6 is 23.2 Å². The van der Waals surface area contributed by atoms with E-state index in [1.807, 2.05) is 0 Å². The van der Waals surface area contributed by atoms with E-state index in [0.717, 1.165) is 6.42 Å². The summed E-state index contributed by atoms with van der Waals surface area (Å²) in [4.78, 5) is 49.0. The molecule has 38 heavy (non-hydrogen) atoms. The summed E-state index contributed by atoms with van der Waals surface area (Å²) in [6.45, 7) is 1.57. The van der Waals surface area contributed by atoms with Crippen LogP contribution in [-0.4, -0.2) is 58.5 Å². The first kappa shape index (κ1) is 25.2. The molecule has 2 aliphatic carbocycles. The number of carbonyl (C=O) groups excluding carboxylic acids is 3. The van der Waals surface area contributed by atoms with Gasteiger partial charge in [-0.15, -0.1) is 23.2 Å². The van der Waals surface area contributed by atoms with Gasteiger partial charge >= 0.3 is 0 Å². The smallest absolute Gasteiger partial charge is 0.245 e. The van der Waals surface area contributed by atoms with Gasteiger partial charge in [0.25, 0.3) is 0 Å². The Labute approximate surface area is 229 Å². The SMILES string of the molecule is CC(=O)c1nn(CC(=O)N2[C@@H]3C[C@@H]3C[C@H]2C(=O)CC[C@H]2CC2(Cl)Cl)c2ccc(OCc3ncccn3)cc12. The van der Waals surface area contributed by atoms with Crippen LogP contribution in [0.25, 0.3) is 10.9 Å². The number of Topliss-reactive ketones (excluding diaryl/α,β-unsaturated/α-hetero) is 2. The molecule has 1 aromatic carbocycles. The number of alkyl halides is 2. The molecule has 0 N–H and O–H groups in total. The van der Waals surface area contributed by atoms with E-state index in [9.17, 15) is 14.4 Å². The van der Waals surface area contributed by atoms with Crippen LogP contribution in [-0.2, 0) is 22.7 Å². The van der Waals surface area contributed by atoms with Gasteiger partial charge in [-0.3, -0.25) is 19.1 Å². The van der Waals surface area contributed by atoms with E-state index in [4.69, 9.17) is 27.9 Å². The highest BCUT2D eigenvalue weighted by Crippen LogP contribution is 2.55. The molecular formula is C27H27Cl2N5O4. The largest absolute Gasteiger partial charge is 0.486 e. The van der Waals surface area contributed by atoms with Crippen molar-refractivity contribution in [2.45, 2.75) is 68.6 Å². The van der Waals surface area contributed by atoms with Crippen LogP contribution in [0.15, 0.2) is 36.7 Å². The van der Waals surface area contributed by atoms with E-state index < -0.39 is 10.4 Å². The number of carbonyl (C=O) groups is 3. The number of piperidine rings is 1. The molecular weight excluding hydrogens is 529 g/mol. The first-order valence-corrected chi connectivity index (χ1v) is 13.6. The minimum absolute atomic E-state index is 0.0517. The molecule has 1 aliphatic heterocycles. The number of aromatic nitrogens is 4. The number of halogens is 2. The second-order valence-electron chi connectivity index (χ2n) is 10.5. The number of ether oxygens (including phenoxy) is 1. The van der Waals surface area contributed by atoms with Crippen LogP contribution in [0, 0.1) is 11.8 Å². The maximum Gasteiger partial charge on any atom is 0.245 e. The molecule has 4 atom stereocenters. The van der Waals surface area contributed by atoms with Crippen molar-refractivity contribution >= 4 is 51.6 Å². The van der Waals surface area contributed by atoms with Crippen molar-refractivity contribution in [3.8, 4) is 5.75 Å². The van der Waals surface area contributed by atoms with Gasteiger partial charge in [0, 0.05) is 37.2 Å². The Morgan fingerprint density at radius 3 is 2.63 bits per heavy atom. The Morgan fingerprint density at radius 2 is 1.92 bits per heavy atom. The molecule has 2 aromatic heterocycles. The lowest BCUT2D eigenvalue weighted by Crippen LogP contribution is -2.44. The highest BCUT2D eigenvalue weighted by molar-refractivity contribution is 6.50. The summed E-state index contributed by atoms with van der Waals surface area (Å²) in [7, 11) is 0. The minimum Gasteiger partial charge on any atom is -0.486 e. The summed E-state index contributed by atoms with van der Waals surface area (Å²) in [6, 6.07) is 6.71. The molecule has 0 spiro atoms. The van der Waals surface area contributed by atoms with Crippen molar-refractivity contribution in [3.05, 3.63) is 48.2 Å². The number of amides is 1.